The van der Waals surface area contributed by atoms with Gasteiger partial charge in [0.1, 0.15) is 5.75 Å². The van der Waals surface area contributed by atoms with Gasteiger partial charge in [0.2, 0.25) is 0 Å². The monoisotopic (exact) mass is 218 g/mol. The van der Waals surface area contributed by atoms with Crippen LogP contribution in [0, 0.1) is 6.92 Å². The highest BCUT2D eigenvalue weighted by Crippen LogP contribution is 2.24. The number of esters is 1. The Morgan fingerprint density at radius 2 is 2.06 bits per heavy atom. The van der Waals surface area contributed by atoms with E-state index >= 15 is 0 Å². The van der Waals surface area contributed by atoms with E-state index in [-0.39, 0.29) is 5.97 Å². The smallest absolute Gasteiger partial charge is 0.335 e. The molecule has 0 spiro atoms. The minimum Gasteiger partial charge on any atom is -0.423 e. The molecule has 86 valence electrons. The van der Waals surface area contributed by atoms with Crippen LogP contribution in [0.5, 0.6) is 5.75 Å². The van der Waals surface area contributed by atoms with Gasteiger partial charge in [-0.15, -0.1) is 0 Å². The third-order valence-corrected chi connectivity index (χ3v) is 2.39. The van der Waals surface area contributed by atoms with Crippen molar-refractivity contribution in [3.8, 4) is 5.75 Å². The summed E-state index contributed by atoms with van der Waals surface area (Å²) in [7, 11) is 0. The molecular formula is C14H18O2. The van der Waals surface area contributed by atoms with Crippen LogP contribution >= 0.6 is 0 Å². The molecule has 0 radical (unpaired) electrons. The molecule has 0 aliphatic carbocycles. The van der Waals surface area contributed by atoms with Crippen molar-refractivity contribution >= 4 is 5.97 Å². The molecule has 0 amide bonds. The van der Waals surface area contributed by atoms with Crippen LogP contribution in [0.4, 0.5) is 0 Å². The van der Waals surface area contributed by atoms with E-state index in [9.17, 15) is 4.79 Å². The zero-order valence-electron chi connectivity index (χ0n) is 10.3. The SMILES string of the molecule is C/C=C/C(=O)Oc1cc(C(C)C)ccc1C. The summed E-state index contributed by atoms with van der Waals surface area (Å²) in [6.45, 7) is 7.95. The zero-order valence-corrected chi connectivity index (χ0v) is 10.3. The minimum atomic E-state index is -0.327. The van der Waals surface area contributed by atoms with Crippen molar-refractivity contribution in [2.45, 2.75) is 33.6 Å². The Morgan fingerprint density at radius 3 is 2.62 bits per heavy atom. The van der Waals surface area contributed by atoms with E-state index in [0.717, 1.165) is 5.56 Å². The number of benzene rings is 1. The molecule has 0 saturated heterocycles. The largest absolute Gasteiger partial charge is 0.423 e. The van der Waals surface area contributed by atoms with Gasteiger partial charge >= 0.3 is 5.97 Å². The van der Waals surface area contributed by atoms with E-state index < -0.39 is 0 Å². The predicted molar refractivity (Wildman–Crippen MR) is 65.7 cm³/mol. The van der Waals surface area contributed by atoms with Gasteiger partial charge in [-0.05, 0) is 37.0 Å². The summed E-state index contributed by atoms with van der Waals surface area (Å²) < 4.78 is 5.25. The van der Waals surface area contributed by atoms with Gasteiger partial charge in [0.15, 0.2) is 0 Å². The molecule has 2 nitrogen and oxygen atoms in total. The van der Waals surface area contributed by atoms with E-state index in [0.29, 0.717) is 11.7 Å². The van der Waals surface area contributed by atoms with Crippen LogP contribution in [0.2, 0.25) is 0 Å². The molecule has 0 fully saturated rings. The Balaban J connectivity index is 2.94. The van der Waals surface area contributed by atoms with Gasteiger partial charge in [-0.2, -0.15) is 0 Å². The molecule has 0 unspecified atom stereocenters. The van der Waals surface area contributed by atoms with E-state index in [1.807, 2.05) is 19.1 Å². The molecule has 1 rings (SSSR count). The standard InChI is InChI=1S/C14H18O2/c1-5-6-14(15)16-13-9-12(10(2)3)8-7-11(13)4/h5-10H,1-4H3/b6-5+. The van der Waals surface area contributed by atoms with E-state index in [4.69, 9.17) is 4.74 Å². The van der Waals surface area contributed by atoms with Gasteiger partial charge in [-0.3, -0.25) is 0 Å². The van der Waals surface area contributed by atoms with Crippen molar-refractivity contribution in [3.63, 3.8) is 0 Å². The maximum atomic E-state index is 11.3. The lowest BCUT2D eigenvalue weighted by Crippen LogP contribution is -2.05. The highest BCUT2D eigenvalue weighted by molar-refractivity contribution is 5.84. The molecule has 0 aliphatic rings. The summed E-state index contributed by atoms with van der Waals surface area (Å²) in [6.07, 6.45) is 3.09. The van der Waals surface area contributed by atoms with Crippen molar-refractivity contribution in [2.24, 2.45) is 0 Å². The van der Waals surface area contributed by atoms with Gasteiger partial charge in [0.05, 0.1) is 0 Å². The maximum Gasteiger partial charge on any atom is 0.335 e. The number of aryl methyl sites for hydroxylation is 1. The average molecular weight is 218 g/mol. The molecule has 0 heterocycles. The number of allylic oxidation sites excluding steroid dienone is 1. The number of carbonyl (C=O) groups is 1. The summed E-state index contributed by atoms with van der Waals surface area (Å²) in [5.41, 5.74) is 2.15. The third kappa shape index (κ3) is 3.23. The summed E-state index contributed by atoms with van der Waals surface area (Å²) in [5, 5.41) is 0. The number of rotatable bonds is 3. The van der Waals surface area contributed by atoms with E-state index in [2.05, 4.69) is 19.9 Å². The lowest BCUT2D eigenvalue weighted by molar-refractivity contribution is -0.129. The van der Waals surface area contributed by atoms with Gasteiger partial charge in [0, 0.05) is 6.08 Å². The second-order valence-corrected chi connectivity index (χ2v) is 4.10. The summed E-state index contributed by atoms with van der Waals surface area (Å²) in [4.78, 5) is 11.3. The predicted octanol–water partition coefficient (Wildman–Crippen LogP) is 3.60. The highest BCUT2D eigenvalue weighted by Gasteiger charge is 2.07. The van der Waals surface area contributed by atoms with E-state index in [1.165, 1.54) is 11.6 Å². The van der Waals surface area contributed by atoms with Crippen LogP contribution in [0.3, 0.4) is 0 Å². The lowest BCUT2D eigenvalue weighted by atomic mass is 10.0. The minimum absolute atomic E-state index is 0.327. The zero-order chi connectivity index (χ0) is 12.1. The van der Waals surface area contributed by atoms with Crippen molar-refractivity contribution < 1.29 is 9.53 Å². The third-order valence-electron chi connectivity index (χ3n) is 2.39. The Morgan fingerprint density at radius 1 is 1.38 bits per heavy atom. The molecule has 1 aromatic rings. The topological polar surface area (TPSA) is 26.3 Å². The second-order valence-electron chi connectivity index (χ2n) is 4.10. The summed E-state index contributed by atoms with van der Waals surface area (Å²) in [5.74, 6) is 0.751. The molecule has 1 aromatic carbocycles. The fourth-order valence-corrected chi connectivity index (χ4v) is 1.36. The van der Waals surface area contributed by atoms with Gasteiger partial charge in [0.25, 0.3) is 0 Å². The van der Waals surface area contributed by atoms with Crippen LogP contribution in [0.1, 0.15) is 37.8 Å². The molecule has 0 aliphatic heterocycles. The first-order valence-corrected chi connectivity index (χ1v) is 5.49. The van der Waals surface area contributed by atoms with Crippen molar-refractivity contribution in [3.05, 3.63) is 41.5 Å². The van der Waals surface area contributed by atoms with Crippen molar-refractivity contribution in [1.82, 2.24) is 0 Å². The van der Waals surface area contributed by atoms with Crippen LogP contribution in [-0.2, 0) is 4.79 Å². The van der Waals surface area contributed by atoms with Gasteiger partial charge < -0.3 is 4.74 Å². The van der Waals surface area contributed by atoms with Crippen LogP contribution < -0.4 is 4.74 Å². The number of hydrogen-bond acceptors (Lipinski definition) is 2. The molecule has 0 saturated carbocycles. The first-order valence-electron chi connectivity index (χ1n) is 5.49. The molecule has 0 aromatic heterocycles. The Kier molecular flexibility index (Phi) is 4.29. The number of carbonyl (C=O) groups excluding carboxylic acids is 1. The second kappa shape index (κ2) is 5.50. The van der Waals surface area contributed by atoms with Crippen LogP contribution in [-0.4, -0.2) is 5.97 Å². The molecular weight excluding hydrogens is 200 g/mol. The van der Waals surface area contributed by atoms with Gasteiger partial charge in [-0.1, -0.05) is 32.1 Å². The van der Waals surface area contributed by atoms with Crippen LogP contribution in [0.25, 0.3) is 0 Å². The van der Waals surface area contributed by atoms with Crippen molar-refractivity contribution in [1.29, 1.82) is 0 Å². The number of ether oxygens (including phenoxy) is 1. The molecule has 0 atom stereocenters. The average Bonchev–Trinajstić information content (AvgIpc) is 2.21. The molecule has 16 heavy (non-hydrogen) atoms. The normalized spacial score (nSPS) is 11.1. The van der Waals surface area contributed by atoms with E-state index in [1.54, 1.807) is 13.0 Å². The fourth-order valence-electron chi connectivity index (χ4n) is 1.36. The summed E-state index contributed by atoms with van der Waals surface area (Å²) >= 11 is 0. The quantitative estimate of drug-likeness (QED) is 0.440. The first kappa shape index (κ1) is 12.5. The molecule has 0 bridgehead atoms. The maximum absolute atomic E-state index is 11.3. The Hall–Kier alpha value is -1.57. The molecule has 0 N–H and O–H groups in total. The van der Waals surface area contributed by atoms with Crippen molar-refractivity contribution in [2.75, 3.05) is 0 Å². The summed E-state index contributed by atoms with van der Waals surface area (Å²) in [6, 6.07) is 5.97. The van der Waals surface area contributed by atoms with Crippen LogP contribution in [0.15, 0.2) is 30.4 Å². The lowest BCUT2D eigenvalue weighted by Gasteiger charge is -2.10. The highest BCUT2D eigenvalue weighted by atomic mass is 16.5. The fraction of sp³-hybridized carbons (Fsp3) is 0.357. The number of hydrogen-bond donors (Lipinski definition) is 0. The first-order chi connectivity index (χ1) is 7.54. The molecule has 2 heteroatoms. The Bertz CT molecular complexity index is 403. The Labute approximate surface area is 96.9 Å². The van der Waals surface area contributed by atoms with Gasteiger partial charge in [-0.25, -0.2) is 4.79 Å².